The van der Waals surface area contributed by atoms with Gasteiger partial charge in [0.2, 0.25) is 10.0 Å². The minimum Gasteiger partial charge on any atom is -0.391 e. The Balaban J connectivity index is 2.09. The number of aliphatic hydroxyl groups excluding tert-OH is 1. The minimum atomic E-state index is -3.72. The van der Waals surface area contributed by atoms with Gasteiger partial charge in [-0.15, -0.1) is 11.3 Å². The molecule has 2 aromatic rings. The number of hydrogen-bond donors (Lipinski definition) is 2. The summed E-state index contributed by atoms with van der Waals surface area (Å²) in [5.41, 5.74) is 1.04. The molecule has 1 aromatic heterocycles. The number of hydrogen-bond acceptors (Lipinski definition) is 4. The standard InChI is InChI=1S/C19H24ClNO3S2/c1-3-14(2)19(21-26(23,24)18-13-12-17(20)25-18)16(22)11-7-10-15-8-5-4-6-9-15/h4-10,12-14,16,19,21-22H,3,11H2,1-2H3/b10-7+/t14-,16?,19-/m0/s1. The van der Waals surface area contributed by atoms with E-state index in [0.717, 1.165) is 23.3 Å². The summed E-state index contributed by atoms with van der Waals surface area (Å²) in [5, 5.41) is 10.6. The average Bonchev–Trinajstić information content (AvgIpc) is 3.07. The summed E-state index contributed by atoms with van der Waals surface area (Å²) in [6.07, 6.45) is 4.07. The lowest BCUT2D eigenvalue weighted by molar-refractivity contribution is 0.114. The van der Waals surface area contributed by atoms with E-state index in [0.29, 0.717) is 10.8 Å². The van der Waals surface area contributed by atoms with Gasteiger partial charge in [0.25, 0.3) is 0 Å². The SMILES string of the molecule is CC[C@H](C)[C@H](NS(=O)(=O)c1ccc(Cl)s1)C(O)C/C=C/c1ccccc1. The maximum Gasteiger partial charge on any atom is 0.250 e. The summed E-state index contributed by atoms with van der Waals surface area (Å²) in [6, 6.07) is 12.2. The lowest BCUT2D eigenvalue weighted by Gasteiger charge is -2.28. The Hall–Kier alpha value is -1.18. The molecule has 26 heavy (non-hydrogen) atoms. The highest BCUT2D eigenvalue weighted by Crippen LogP contribution is 2.27. The van der Waals surface area contributed by atoms with Crippen molar-refractivity contribution in [2.24, 2.45) is 5.92 Å². The zero-order valence-electron chi connectivity index (χ0n) is 14.8. The van der Waals surface area contributed by atoms with E-state index in [2.05, 4.69) is 4.72 Å². The molecule has 0 saturated heterocycles. The highest BCUT2D eigenvalue weighted by atomic mass is 35.5. The summed E-state index contributed by atoms with van der Waals surface area (Å²) in [6.45, 7) is 3.90. The second-order valence-electron chi connectivity index (χ2n) is 6.21. The van der Waals surface area contributed by atoms with E-state index in [1.807, 2.05) is 56.3 Å². The molecule has 142 valence electrons. The number of thiophene rings is 1. The van der Waals surface area contributed by atoms with Crippen LogP contribution in [0.4, 0.5) is 0 Å². The van der Waals surface area contributed by atoms with Crippen LogP contribution in [0.1, 0.15) is 32.3 Å². The molecule has 2 rings (SSSR count). The molecule has 0 spiro atoms. The summed E-state index contributed by atoms with van der Waals surface area (Å²) >= 11 is 6.85. The highest BCUT2D eigenvalue weighted by Gasteiger charge is 2.29. The van der Waals surface area contributed by atoms with E-state index in [1.54, 1.807) is 6.07 Å². The first-order valence-electron chi connectivity index (χ1n) is 8.50. The minimum absolute atomic E-state index is 0.0136. The van der Waals surface area contributed by atoms with E-state index in [9.17, 15) is 13.5 Å². The van der Waals surface area contributed by atoms with Crippen LogP contribution < -0.4 is 4.72 Å². The zero-order valence-corrected chi connectivity index (χ0v) is 17.2. The van der Waals surface area contributed by atoms with Gasteiger partial charge in [-0.25, -0.2) is 13.1 Å². The molecule has 0 bridgehead atoms. The van der Waals surface area contributed by atoms with Gasteiger partial charge < -0.3 is 5.11 Å². The number of rotatable bonds is 9. The van der Waals surface area contributed by atoms with Gasteiger partial charge in [0.15, 0.2) is 0 Å². The molecule has 0 saturated carbocycles. The van der Waals surface area contributed by atoms with Crippen molar-refractivity contribution in [2.45, 2.75) is 43.0 Å². The topological polar surface area (TPSA) is 66.4 Å². The average molecular weight is 414 g/mol. The molecule has 4 nitrogen and oxygen atoms in total. The molecule has 1 heterocycles. The molecular formula is C19H24ClNO3S2. The van der Waals surface area contributed by atoms with Gasteiger partial charge in [0.1, 0.15) is 4.21 Å². The van der Waals surface area contributed by atoms with Gasteiger partial charge in [-0.2, -0.15) is 0 Å². The smallest absolute Gasteiger partial charge is 0.250 e. The van der Waals surface area contributed by atoms with Crippen LogP contribution in [0.15, 0.2) is 52.7 Å². The van der Waals surface area contributed by atoms with Crippen molar-refractivity contribution >= 4 is 39.0 Å². The fourth-order valence-electron chi connectivity index (χ4n) is 2.56. The van der Waals surface area contributed by atoms with Gasteiger partial charge in [0.05, 0.1) is 16.5 Å². The fourth-order valence-corrected chi connectivity index (χ4v) is 5.44. The molecule has 0 aliphatic rings. The highest BCUT2D eigenvalue weighted by molar-refractivity contribution is 7.91. The second kappa shape index (κ2) is 9.67. The second-order valence-corrected chi connectivity index (χ2v) is 9.86. The molecule has 0 aliphatic heterocycles. The molecule has 1 aromatic carbocycles. The largest absolute Gasteiger partial charge is 0.391 e. The van der Waals surface area contributed by atoms with Crippen molar-refractivity contribution in [1.29, 1.82) is 0 Å². The predicted molar refractivity (Wildman–Crippen MR) is 109 cm³/mol. The van der Waals surface area contributed by atoms with E-state index < -0.39 is 22.2 Å². The Bertz CT molecular complexity index is 818. The van der Waals surface area contributed by atoms with Gasteiger partial charge in [0, 0.05) is 0 Å². The van der Waals surface area contributed by atoms with Crippen LogP contribution in [0.5, 0.6) is 0 Å². The van der Waals surface area contributed by atoms with Crippen molar-refractivity contribution in [3.8, 4) is 0 Å². The lowest BCUT2D eigenvalue weighted by atomic mass is 9.93. The maximum absolute atomic E-state index is 12.6. The summed E-state index contributed by atoms with van der Waals surface area (Å²) in [5.74, 6) is -0.0136. The summed E-state index contributed by atoms with van der Waals surface area (Å²) in [7, 11) is -3.72. The number of halogens is 1. The van der Waals surface area contributed by atoms with Crippen molar-refractivity contribution in [3.63, 3.8) is 0 Å². The van der Waals surface area contributed by atoms with Gasteiger partial charge in [-0.05, 0) is 30.0 Å². The van der Waals surface area contributed by atoms with Crippen LogP contribution >= 0.6 is 22.9 Å². The number of benzene rings is 1. The zero-order chi connectivity index (χ0) is 19.2. The van der Waals surface area contributed by atoms with Crippen molar-refractivity contribution in [1.82, 2.24) is 4.72 Å². The van der Waals surface area contributed by atoms with E-state index >= 15 is 0 Å². The van der Waals surface area contributed by atoms with E-state index in [1.165, 1.54) is 6.07 Å². The van der Waals surface area contributed by atoms with Crippen molar-refractivity contribution in [3.05, 3.63) is 58.4 Å². The third-order valence-corrected chi connectivity index (χ3v) is 7.45. The fraction of sp³-hybridized carbons (Fsp3) is 0.368. The lowest BCUT2D eigenvalue weighted by Crippen LogP contribution is -2.47. The number of nitrogens with one attached hydrogen (secondary N) is 1. The summed E-state index contributed by atoms with van der Waals surface area (Å²) in [4.78, 5) is 0. The molecule has 0 aliphatic carbocycles. The monoisotopic (exact) mass is 413 g/mol. The molecule has 7 heteroatoms. The number of sulfonamides is 1. The first-order valence-corrected chi connectivity index (χ1v) is 11.2. The van der Waals surface area contributed by atoms with Gasteiger partial charge in [-0.1, -0.05) is 74.4 Å². The quantitative estimate of drug-likeness (QED) is 0.633. The van der Waals surface area contributed by atoms with Crippen LogP contribution in [-0.2, 0) is 10.0 Å². The Labute approximate surface area is 164 Å². The van der Waals surface area contributed by atoms with Gasteiger partial charge >= 0.3 is 0 Å². The van der Waals surface area contributed by atoms with E-state index in [-0.39, 0.29) is 10.1 Å². The molecule has 1 unspecified atom stereocenters. The molecular weight excluding hydrogens is 390 g/mol. The summed E-state index contributed by atoms with van der Waals surface area (Å²) < 4.78 is 28.4. The molecule has 3 atom stereocenters. The Kier molecular flexibility index (Phi) is 7.85. The third kappa shape index (κ3) is 5.93. The molecule has 2 N–H and O–H groups in total. The van der Waals surface area contributed by atoms with E-state index in [4.69, 9.17) is 11.6 Å². The van der Waals surface area contributed by atoms with Crippen LogP contribution in [0.2, 0.25) is 4.34 Å². The third-order valence-electron chi connectivity index (χ3n) is 4.26. The van der Waals surface area contributed by atoms with Crippen LogP contribution in [0, 0.1) is 5.92 Å². The molecule has 0 fully saturated rings. The maximum atomic E-state index is 12.6. The van der Waals surface area contributed by atoms with Crippen LogP contribution in [0.3, 0.4) is 0 Å². The Morgan fingerprint density at radius 2 is 1.92 bits per heavy atom. The first kappa shape index (κ1) is 21.1. The Morgan fingerprint density at radius 1 is 1.23 bits per heavy atom. The van der Waals surface area contributed by atoms with Crippen molar-refractivity contribution < 1.29 is 13.5 Å². The molecule has 0 amide bonds. The predicted octanol–water partition coefficient (Wildman–Crippen LogP) is 4.56. The van der Waals surface area contributed by atoms with Gasteiger partial charge in [-0.3, -0.25) is 0 Å². The normalized spacial score (nSPS) is 15.8. The first-order chi connectivity index (χ1) is 12.3. The van der Waals surface area contributed by atoms with Crippen LogP contribution in [0.25, 0.3) is 6.08 Å². The molecule has 0 radical (unpaired) electrons. The number of aliphatic hydroxyl groups is 1. The van der Waals surface area contributed by atoms with Crippen molar-refractivity contribution in [2.75, 3.05) is 0 Å². The Morgan fingerprint density at radius 3 is 2.50 bits per heavy atom. The van der Waals surface area contributed by atoms with Crippen LogP contribution in [-0.4, -0.2) is 25.7 Å².